The van der Waals surface area contributed by atoms with Crippen molar-refractivity contribution in [2.24, 2.45) is 5.92 Å². The van der Waals surface area contributed by atoms with Gasteiger partial charge in [0.25, 0.3) is 0 Å². The molecular weight excluding hydrogens is 240 g/mol. The molecule has 0 saturated heterocycles. The first-order chi connectivity index (χ1) is 9.24. The highest BCUT2D eigenvalue weighted by Gasteiger charge is 2.29. The third-order valence-corrected chi connectivity index (χ3v) is 4.52. The van der Waals surface area contributed by atoms with Crippen molar-refractivity contribution in [3.8, 4) is 0 Å². The van der Waals surface area contributed by atoms with Crippen LogP contribution in [0, 0.1) is 5.92 Å². The van der Waals surface area contributed by atoms with Crippen LogP contribution < -0.4 is 10.6 Å². The number of fused-ring (bicyclic) bond motifs is 1. The van der Waals surface area contributed by atoms with Crippen LogP contribution in [0.25, 0.3) is 0 Å². The maximum absolute atomic E-state index is 12.3. The number of carbonyl (C=O) groups excluding carboxylic acids is 1. The van der Waals surface area contributed by atoms with Crippen molar-refractivity contribution in [3.63, 3.8) is 0 Å². The van der Waals surface area contributed by atoms with Crippen LogP contribution in [0.2, 0.25) is 0 Å². The minimum atomic E-state index is -0.139. The van der Waals surface area contributed by atoms with Gasteiger partial charge in [-0.15, -0.1) is 0 Å². The van der Waals surface area contributed by atoms with Gasteiger partial charge in [-0.05, 0) is 25.7 Å². The van der Waals surface area contributed by atoms with Gasteiger partial charge in [0.1, 0.15) is 0 Å². The van der Waals surface area contributed by atoms with Gasteiger partial charge in [0.15, 0.2) is 0 Å². The highest BCUT2D eigenvalue weighted by atomic mass is 16.2. The van der Waals surface area contributed by atoms with E-state index < -0.39 is 0 Å². The lowest BCUT2D eigenvalue weighted by Crippen LogP contribution is -2.51. The quantitative estimate of drug-likeness (QED) is 0.764. The summed E-state index contributed by atoms with van der Waals surface area (Å²) in [5.41, 5.74) is 2.13. The third-order valence-electron chi connectivity index (χ3n) is 4.52. The lowest BCUT2D eigenvalue weighted by Gasteiger charge is -2.26. The van der Waals surface area contributed by atoms with Crippen molar-refractivity contribution in [1.82, 2.24) is 20.6 Å². The number of nitrogens with zero attached hydrogens (tertiary/aromatic N) is 1. The van der Waals surface area contributed by atoms with Gasteiger partial charge >= 0.3 is 0 Å². The predicted octanol–water partition coefficient (Wildman–Crippen LogP) is 1.12. The largest absolute Gasteiger partial charge is 0.352 e. The van der Waals surface area contributed by atoms with Crippen molar-refractivity contribution >= 4 is 5.91 Å². The molecule has 1 aromatic heterocycles. The molecule has 2 heterocycles. The summed E-state index contributed by atoms with van der Waals surface area (Å²) < 4.78 is 0. The van der Waals surface area contributed by atoms with Gasteiger partial charge in [0.2, 0.25) is 5.91 Å². The lowest BCUT2D eigenvalue weighted by molar-refractivity contribution is -0.124. The predicted molar refractivity (Wildman–Crippen MR) is 72.5 cm³/mol. The van der Waals surface area contributed by atoms with Gasteiger partial charge in [0.05, 0.1) is 23.8 Å². The van der Waals surface area contributed by atoms with Crippen LogP contribution in [-0.2, 0) is 17.8 Å². The Labute approximate surface area is 113 Å². The van der Waals surface area contributed by atoms with E-state index >= 15 is 0 Å². The number of amides is 1. The maximum Gasteiger partial charge on any atom is 0.237 e. The molecule has 1 saturated carbocycles. The Kier molecular flexibility index (Phi) is 3.55. The molecule has 1 aromatic rings. The fourth-order valence-corrected chi connectivity index (χ4v) is 3.25. The van der Waals surface area contributed by atoms with Crippen molar-refractivity contribution in [3.05, 3.63) is 17.7 Å². The molecule has 1 fully saturated rings. The average Bonchev–Trinajstić information content (AvgIpc) is 3.09. The van der Waals surface area contributed by atoms with Crippen molar-refractivity contribution < 1.29 is 4.79 Å². The summed E-state index contributed by atoms with van der Waals surface area (Å²) in [6, 6.07) is 0.150. The lowest BCUT2D eigenvalue weighted by atomic mass is 9.98. The van der Waals surface area contributed by atoms with Gasteiger partial charge in [-0.3, -0.25) is 10.1 Å². The monoisotopic (exact) mass is 262 g/mol. The second kappa shape index (κ2) is 5.33. The van der Waals surface area contributed by atoms with Crippen LogP contribution in [0.15, 0.2) is 6.33 Å². The zero-order chi connectivity index (χ0) is 13.2. The Morgan fingerprint density at radius 1 is 1.47 bits per heavy atom. The molecule has 1 aliphatic heterocycles. The molecule has 3 rings (SSSR count). The first-order valence-electron chi connectivity index (χ1n) is 7.29. The summed E-state index contributed by atoms with van der Waals surface area (Å²) >= 11 is 0. The van der Waals surface area contributed by atoms with Crippen LogP contribution in [0.4, 0.5) is 0 Å². The van der Waals surface area contributed by atoms with Gasteiger partial charge in [-0.2, -0.15) is 0 Å². The van der Waals surface area contributed by atoms with E-state index in [0.29, 0.717) is 18.9 Å². The molecule has 2 aliphatic rings. The number of rotatable bonds is 3. The number of imidazole rings is 1. The van der Waals surface area contributed by atoms with Crippen molar-refractivity contribution in [2.75, 3.05) is 0 Å². The number of H-pyrrole nitrogens is 1. The number of hydrogen-bond acceptors (Lipinski definition) is 3. The topological polar surface area (TPSA) is 69.8 Å². The van der Waals surface area contributed by atoms with Crippen LogP contribution in [-0.4, -0.2) is 28.0 Å². The fourth-order valence-electron chi connectivity index (χ4n) is 3.25. The van der Waals surface area contributed by atoms with E-state index in [1.54, 1.807) is 6.33 Å². The number of aromatic amines is 1. The first kappa shape index (κ1) is 12.7. The smallest absolute Gasteiger partial charge is 0.237 e. The highest BCUT2D eigenvalue weighted by Crippen LogP contribution is 2.27. The zero-order valence-electron chi connectivity index (χ0n) is 11.4. The van der Waals surface area contributed by atoms with E-state index in [0.717, 1.165) is 11.4 Å². The van der Waals surface area contributed by atoms with Crippen molar-refractivity contribution in [2.45, 2.75) is 57.7 Å². The Morgan fingerprint density at radius 2 is 2.26 bits per heavy atom. The zero-order valence-corrected chi connectivity index (χ0v) is 11.4. The summed E-state index contributed by atoms with van der Waals surface area (Å²) in [7, 11) is 0. The van der Waals surface area contributed by atoms with E-state index in [1.165, 1.54) is 25.7 Å². The van der Waals surface area contributed by atoms with Gasteiger partial charge in [0, 0.05) is 19.0 Å². The minimum absolute atomic E-state index is 0.119. The molecule has 5 heteroatoms. The molecule has 104 valence electrons. The van der Waals surface area contributed by atoms with E-state index in [-0.39, 0.29) is 18.0 Å². The SMILES string of the molecule is CC(NC(=O)C1Cc2nc[nH]c2CN1)C1CCCC1. The molecule has 0 bridgehead atoms. The Morgan fingerprint density at radius 3 is 3.05 bits per heavy atom. The Balaban J connectivity index is 1.56. The summed E-state index contributed by atoms with van der Waals surface area (Å²) in [5, 5.41) is 6.45. The Bertz CT molecular complexity index is 450. The third kappa shape index (κ3) is 2.66. The normalized spacial score (nSPS) is 25.0. The number of carbonyl (C=O) groups is 1. The van der Waals surface area contributed by atoms with Crippen LogP contribution in [0.5, 0.6) is 0 Å². The molecule has 1 amide bonds. The first-order valence-corrected chi connectivity index (χ1v) is 7.29. The molecule has 0 radical (unpaired) electrons. The molecular formula is C14H22N4O. The van der Waals surface area contributed by atoms with Gasteiger partial charge in [-0.1, -0.05) is 12.8 Å². The second-order valence-electron chi connectivity index (χ2n) is 5.81. The molecule has 5 nitrogen and oxygen atoms in total. The molecule has 3 N–H and O–H groups in total. The van der Waals surface area contributed by atoms with Crippen LogP contribution in [0.3, 0.4) is 0 Å². The molecule has 19 heavy (non-hydrogen) atoms. The second-order valence-corrected chi connectivity index (χ2v) is 5.81. The maximum atomic E-state index is 12.3. The van der Waals surface area contributed by atoms with Crippen LogP contribution >= 0.6 is 0 Å². The average molecular weight is 262 g/mol. The van der Waals surface area contributed by atoms with E-state index in [2.05, 4.69) is 27.5 Å². The van der Waals surface area contributed by atoms with Crippen molar-refractivity contribution in [1.29, 1.82) is 0 Å². The summed E-state index contributed by atoms with van der Waals surface area (Å²) in [4.78, 5) is 19.7. The summed E-state index contributed by atoms with van der Waals surface area (Å²) in [5.74, 6) is 0.779. The molecule has 0 aromatic carbocycles. The highest BCUT2D eigenvalue weighted by molar-refractivity contribution is 5.82. The molecule has 0 spiro atoms. The standard InChI is InChI=1S/C14H22N4O/c1-9(10-4-2-3-5-10)18-14(19)12-6-11-13(7-15-12)17-8-16-11/h8-10,12,15H,2-7H2,1H3,(H,16,17)(H,18,19). The van der Waals surface area contributed by atoms with Crippen LogP contribution in [0.1, 0.15) is 44.0 Å². The minimum Gasteiger partial charge on any atom is -0.352 e. The molecule has 2 unspecified atom stereocenters. The molecule has 2 atom stereocenters. The van der Waals surface area contributed by atoms with Gasteiger partial charge < -0.3 is 10.3 Å². The molecule has 1 aliphatic carbocycles. The number of aromatic nitrogens is 2. The van der Waals surface area contributed by atoms with Gasteiger partial charge in [-0.25, -0.2) is 4.98 Å². The van der Waals surface area contributed by atoms with E-state index in [4.69, 9.17) is 0 Å². The fraction of sp³-hybridized carbons (Fsp3) is 0.714. The number of hydrogen-bond donors (Lipinski definition) is 3. The number of nitrogens with one attached hydrogen (secondary N) is 3. The van der Waals surface area contributed by atoms with E-state index in [9.17, 15) is 4.79 Å². The summed E-state index contributed by atoms with van der Waals surface area (Å²) in [6.07, 6.45) is 7.51. The van der Waals surface area contributed by atoms with E-state index in [1.807, 2.05) is 0 Å². The summed E-state index contributed by atoms with van der Waals surface area (Å²) in [6.45, 7) is 2.84. The Hall–Kier alpha value is -1.36.